The third-order valence-corrected chi connectivity index (χ3v) is 2.81. The number of carbonyl (C=O) groups is 2. The lowest BCUT2D eigenvalue weighted by Gasteiger charge is -2.10. The number of rotatable bonds is 4. The number of non-ortho nitro benzene ring substituents is 1. The van der Waals surface area contributed by atoms with Crippen LogP contribution in [0.15, 0.2) is 22.7 Å². The second kappa shape index (κ2) is 5.58. The zero-order valence-corrected chi connectivity index (χ0v) is 10.8. The van der Waals surface area contributed by atoms with E-state index in [1.807, 2.05) is 0 Å². The Balaban J connectivity index is 3.01. The zero-order valence-electron chi connectivity index (χ0n) is 9.21. The van der Waals surface area contributed by atoms with Crippen LogP contribution in [0.2, 0.25) is 0 Å². The lowest BCUT2D eigenvalue weighted by Crippen LogP contribution is -2.38. The molecule has 2 N–H and O–H groups in total. The van der Waals surface area contributed by atoms with Gasteiger partial charge in [-0.25, -0.2) is 0 Å². The third-order valence-electron chi connectivity index (χ3n) is 2.12. The van der Waals surface area contributed by atoms with Crippen LogP contribution in [0.3, 0.4) is 0 Å². The van der Waals surface area contributed by atoms with Crippen molar-refractivity contribution in [2.45, 2.75) is 13.0 Å². The molecule has 0 aliphatic heterocycles. The van der Waals surface area contributed by atoms with E-state index < -0.39 is 22.8 Å². The topological polar surface area (TPSA) is 110 Å². The molecule has 0 aliphatic carbocycles. The number of benzene rings is 1. The van der Waals surface area contributed by atoms with E-state index in [1.165, 1.54) is 19.1 Å². The van der Waals surface area contributed by atoms with Crippen LogP contribution >= 0.6 is 15.9 Å². The molecule has 1 rings (SSSR count). The first-order valence-electron chi connectivity index (χ1n) is 4.80. The summed E-state index contributed by atoms with van der Waals surface area (Å²) in [5, 5.41) is 21.4. The number of aliphatic carboxylic acids is 1. The van der Waals surface area contributed by atoms with E-state index in [9.17, 15) is 19.7 Å². The van der Waals surface area contributed by atoms with Crippen LogP contribution in [0.1, 0.15) is 17.3 Å². The Hall–Kier alpha value is -1.96. The molecule has 1 amide bonds. The monoisotopic (exact) mass is 316 g/mol. The van der Waals surface area contributed by atoms with Crippen LogP contribution in [0.4, 0.5) is 5.69 Å². The number of amides is 1. The average Bonchev–Trinajstić information content (AvgIpc) is 2.28. The minimum atomic E-state index is -1.19. The number of hydrogen-bond donors (Lipinski definition) is 2. The van der Waals surface area contributed by atoms with Crippen molar-refractivity contribution in [2.75, 3.05) is 0 Å². The van der Waals surface area contributed by atoms with E-state index in [1.54, 1.807) is 0 Å². The predicted octanol–water partition coefficient (Wildman–Crippen LogP) is 1.56. The largest absolute Gasteiger partial charge is 0.480 e. The number of nitrogens with one attached hydrogen (secondary N) is 1. The summed E-state index contributed by atoms with van der Waals surface area (Å²) in [6.45, 7) is 1.30. The van der Waals surface area contributed by atoms with Gasteiger partial charge in [-0.15, -0.1) is 0 Å². The first kappa shape index (κ1) is 14.1. The zero-order chi connectivity index (χ0) is 13.9. The van der Waals surface area contributed by atoms with E-state index in [0.717, 1.165) is 6.07 Å². The fraction of sp³-hybridized carbons (Fsp3) is 0.200. The Bertz CT molecular complexity index is 517. The second-order valence-electron chi connectivity index (χ2n) is 3.45. The van der Waals surface area contributed by atoms with E-state index in [0.29, 0.717) is 4.47 Å². The molecule has 96 valence electrons. The summed E-state index contributed by atoms with van der Waals surface area (Å²) in [7, 11) is 0. The molecule has 0 saturated carbocycles. The molecular weight excluding hydrogens is 308 g/mol. The van der Waals surface area contributed by atoms with E-state index in [2.05, 4.69) is 21.2 Å². The summed E-state index contributed by atoms with van der Waals surface area (Å²) >= 11 is 3.08. The number of carboxylic acid groups (broad SMARTS) is 1. The molecule has 0 aromatic heterocycles. The number of carboxylic acids is 1. The lowest BCUT2D eigenvalue weighted by molar-refractivity contribution is -0.384. The fourth-order valence-electron chi connectivity index (χ4n) is 1.14. The summed E-state index contributed by atoms with van der Waals surface area (Å²) in [5.41, 5.74) is -0.233. The lowest BCUT2D eigenvalue weighted by atomic mass is 10.2. The van der Waals surface area contributed by atoms with Gasteiger partial charge in [0.2, 0.25) is 0 Å². The molecule has 0 radical (unpaired) electrons. The van der Waals surface area contributed by atoms with Gasteiger partial charge in [0, 0.05) is 16.6 Å². The highest BCUT2D eigenvalue weighted by atomic mass is 79.9. The van der Waals surface area contributed by atoms with E-state index in [-0.39, 0.29) is 11.3 Å². The second-order valence-corrected chi connectivity index (χ2v) is 4.31. The molecule has 0 heterocycles. The van der Waals surface area contributed by atoms with Crippen molar-refractivity contribution in [2.24, 2.45) is 0 Å². The molecule has 1 aromatic rings. The van der Waals surface area contributed by atoms with Gasteiger partial charge < -0.3 is 10.4 Å². The molecule has 1 atom stereocenters. The maximum absolute atomic E-state index is 11.7. The molecule has 0 saturated heterocycles. The van der Waals surface area contributed by atoms with Crippen LogP contribution < -0.4 is 5.32 Å². The average molecular weight is 317 g/mol. The Morgan fingerprint density at radius 3 is 2.61 bits per heavy atom. The van der Waals surface area contributed by atoms with Gasteiger partial charge in [-0.3, -0.25) is 19.7 Å². The van der Waals surface area contributed by atoms with Crippen molar-refractivity contribution in [1.29, 1.82) is 0 Å². The van der Waals surface area contributed by atoms with Gasteiger partial charge in [0.05, 0.1) is 10.5 Å². The van der Waals surface area contributed by atoms with Crippen molar-refractivity contribution in [3.63, 3.8) is 0 Å². The Labute approximate surface area is 110 Å². The van der Waals surface area contributed by atoms with Gasteiger partial charge in [-0.2, -0.15) is 0 Å². The highest BCUT2D eigenvalue weighted by Crippen LogP contribution is 2.22. The van der Waals surface area contributed by atoms with Gasteiger partial charge in [0.25, 0.3) is 11.6 Å². The maximum atomic E-state index is 11.7. The summed E-state index contributed by atoms with van der Waals surface area (Å²) in [4.78, 5) is 32.3. The standard InChI is InChI=1S/C10H9BrN2O5/c1-5(10(15)16)12-9(14)7-4-6(13(17)18)2-3-8(7)11/h2-5H,1H3,(H,12,14)(H,15,16)/t5-/m0/s1. The minimum Gasteiger partial charge on any atom is -0.480 e. The van der Waals surface area contributed by atoms with Crippen molar-refractivity contribution in [1.82, 2.24) is 5.32 Å². The van der Waals surface area contributed by atoms with Crippen molar-refractivity contribution in [3.8, 4) is 0 Å². The van der Waals surface area contributed by atoms with E-state index in [4.69, 9.17) is 5.11 Å². The van der Waals surface area contributed by atoms with Gasteiger partial charge in [0.1, 0.15) is 6.04 Å². The summed E-state index contributed by atoms with van der Waals surface area (Å²) < 4.78 is 0.350. The van der Waals surface area contributed by atoms with Gasteiger partial charge in [-0.05, 0) is 28.9 Å². The SMILES string of the molecule is C[C@H](NC(=O)c1cc([N+](=O)[O-])ccc1Br)C(=O)O. The highest BCUT2D eigenvalue weighted by Gasteiger charge is 2.19. The van der Waals surface area contributed by atoms with Crippen molar-refractivity contribution >= 4 is 33.5 Å². The van der Waals surface area contributed by atoms with Crippen LogP contribution in [-0.4, -0.2) is 27.9 Å². The predicted molar refractivity (Wildman–Crippen MR) is 65.4 cm³/mol. The van der Waals surface area contributed by atoms with Gasteiger partial charge >= 0.3 is 5.97 Å². The molecule has 0 unspecified atom stereocenters. The first-order chi connectivity index (χ1) is 8.32. The maximum Gasteiger partial charge on any atom is 0.325 e. The van der Waals surface area contributed by atoms with Crippen LogP contribution in [0, 0.1) is 10.1 Å². The summed E-state index contributed by atoms with van der Waals surface area (Å²) in [6.07, 6.45) is 0. The number of nitro groups is 1. The Morgan fingerprint density at radius 2 is 2.11 bits per heavy atom. The first-order valence-corrected chi connectivity index (χ1v) is 5.60. The number of halogens is 1. The molecule has 1 aromatic carbocycles. The third kappa shape index (κ3) is 3.27. The Kier molecular flexibility index (Phi) is 4.38. The highest BCUT2D eigenvalue weighted by molar-refractivity contribution is 9.10. The molecule has 7 nitrogen and oxygen atoms in total. The van der Waals surface area contributed by atoms with Crippen LogP contribution in [0.25, 0.3) is 0 Å². The molecule has 0 fully saturated rings. The summed E-state index contributed by atoms with van der Waals surface area (Å²) in [6, 6.07) is 2.59. The fourth-order valence-corrected chi connectivity index (χ4v) is 1.56. The number of nitro benzene ring substituents is 1. The molecular formula is C10H9BrN2O5. The number of nitrogens with zero attached hydrogens (tertiary/aromatic N) is 1. The van der Waals surface area contributed by atoms with Crippen LogP contribution in [0.5, 0.6) is 0 Å². The smallest absolute Gasteiger partial charge is 0.325 e. The number of hydrogen-bond acceptors (Lipinski definition) is 4. The molecule has 18 heavy (non-hydrogen) atoms. The Morgan fingerprint density at radius 1 is 1.50 bits per heavy atom. The number of carbonyl (C=O) groups excluding carboxylic acids is 1. The molecule has 0 bridgehead atoms. The molecule has 8 heteroatoms. The summed E-state index contributed by atoms with van der Waals surface area (Å²) in [5.74, 6) is -1.88. The van der Waals surface area contributed by atoms with Crippen molar-refractivity contribution in [3.05, 3.63) is 38.3 Å². The quantitative estimate of drug-likeness (QED) is 0.647. The minimum absolute atomic E-state index is 0.0114. The molecule has 0 aliphatic rings. The normalized spacial score (nSPS) is 11.7. The van der Waals surface area contributed by atoms with Gasteiger partial charge in [0.15, 0.2) is 0 Å². The van der Waals surface area contributed by atoms with E-state index >= 15 is 0 Å². The van der Waals surface area contributed by atoms with Gasteiger partial charge in [-0.1, -0.05) is 0 Å². The van der Waals surface area contributed by atoms with Crippen molar-refractivity contribution < 1.29 is 19.6 Å². The van der Waals surface area contributed by atoms with Crippen LogP contribution in [-0.2, 0) is 4.79 Å². The molecule has 0 spiro atoms.